The maximum Gasteiger partial charge on any atom is 0.233 e. The van der Waals surface area contributed by atoms with Crippen LogP contribution in [0.5, 0.6) is 0 Å². The van der Waals surface area contributed by atoms with Crippen LogP contribution in [0.25, 0.3) is 6.08 Å². The van der Waals surface area contributed by atoms with Crippen molar-refractivity contribution in [3.8, 4) is 0 Å². The molecule has 1 rings (SSSR count). The summed E-state index contributed by atoms with van der Waals surface area (Å²) < 4.78 is 25.2. The van der Waals surface area contributed by atoms with E-state index in [1.54, 1.807) is 6.08 Å². The maximum atomic E-state index is 11.4. The Morgan fingerprint density at radius 3 is 2.53 bits per heavy atom. The first-order chi connectivity index (χ1) is 7.14. The van der Waals surface area contributed by atoms with E-state index in [1.807, 2.05) is 37.3 Å². The van der Waals surface area contributed by atoms with Crippen LogP contribution >= 0.6 is 0 Å². The van der Waals surface area contributed by atoms with Crippen molar-refractivity contribution in [2.75, 3.05) is 6.54 Å². The highest BCUT2D eigenvalue weighted by Gasteiger charge is 2.01. The van der Waals surface area contributed by atoms with E-state index in [9.17, 15) is 8.42 Å². The summed E-state index contributed by atoms with van der Waals surface area (Å²) in [5, 5.41) is 1.19. The zero-order valence-electron chi connectivity index (χ0n) is 8.68. The van der Waals surface area contributed by atoms with Crippen molar-refractivity contribution in [1.29, 1.82) is 0 Å². The third-order valence-electron chi connectivity index (χ3n) is 1.79. The average Bonchev–Trinajstić information content (AvgIpc) is 2.25. The summed E-state index contributed by atoms with van der Waals surface area (Å²) in [7, 11) is -3.27. The van der Waals surface area contributed by atoms with E-state index in [-0.39, 0.29) is 0 Å². The molecule has 1 aromatic carbocycles. The molecular weight excluding hydrogens is 210 g/mol. The first kappa shape index (κ1) is 11.9. The minimum absolute atomic E-state index is 0.474. The molecule has 0 amide bonds. The van der Waals surface area contributed by atoms with Gasteiger partial charge < -0.3 is 0 Å². The van der Waals surface area contributed by atoms with Gasteiger partial charge in [0.2, 0.25) is 10.0 Å². The topological polar surface area (TPSA) is 46.2 Å². The van der Waals surface area contributed by atoms with Gasteiger partial charge in [-0.3, -0.25) is 0 Å². The fraction of sp³-hybridized carbons (Fsp3) is 0.273. The van der Waals surface area contributed by atoms with Crippen molar-refractivity contribution in [3.63, 3.8) is 0 Å². The first-order valence-electron chi connectivity index (χ1n) is 4.87. The van der Waals surface area contributed by atoms with Crippen molar-refractivity contribution in [1.82, 2.24) is 4.72 Å². The van der Waals surface area contributed by atoms with Gasteiger partial charge >= 0.3 is 0 Å². The minimum Gasteiger partial charge on any atom is -0.212 e. The molecule has 0 aliphatic heterocycles. The van der Waals surface area contributed by atoms with Gasteiger partial charge in [-0.25, -0.2) is 13.1 Å². The average molecular weight is 225 g/mol. The largest absolute Gasteiger partial charge is 0.233 e. The van der Waals surface area contributed by atoms with Gasteiger partial charge in [0.25, 0.3) is 0 Å². The van der Waals surface area contributed by atoms with Gasteiger partial charge in [0.1, 0.15) is 0 Å². The molecular formula is C11H15NO2S. The molecule has 0 saturated heterocycles. The zero-order chi connectivity index (χ0) is 11.1. The minimum atomic E-state index is -3.27. The van der Waals surface area contributed by atoms with E-state index in [0.29, 0.717) is 6.54 Å². The summed E-state index contributed by atoms with van der Waals surface area (Å²) in [6, 6.07) is 9.33. The maximum absolute atomic E-state index is 11.4. The molecule has 0 aromatic heterocycles. The Bertz CT molecular complexity index is 409. The predicted octanol–water partition coefficient (Wildman–Crippen LogP) is 1.99. The Hall–Kier alpha value is -1.13. The number of benzene rings is 1. The Morgan fingerprint density at radius 1 is 1.27 bits per heavy atom. The molecule has 0 heterocycles. The molecule has 0 aliphatic rings. The highest BCUT2D eigenvalue weighted by molar-refractivity contribution is 7.92. The summed E-state index contributed by atoms with van der Waals surface area (Å²) in [5.74, 6) is 0. The van der Waals surface area contributed by atoms with E-state index in [0.717, 1.165) is 12.0 Å². The Morgan fingerprint density at radius 2 is 1.93 bits per heavy atom. The fourth-order valence-corrected chi connectivity index (χ4v) is 1.95. The van der Waals surface area contributed by atoms with Crippen LogP contribution in [0.3, 0.4) is 0 Å². The van der Waals surface area contributed by atoms with E-state index >= 15 is 0 Å². The zero-order valence-corrected chi connectivity index (χ0v) is 9.50. The van der Waals surface area contributed by atoms with E-state index in [4.69, 9.17) is 0 Å². The predicted molar refractivity (Wildman–Crippen MR) is 62.7 cm³/mol. The molecule has 1 N–H and O–H groups in total. The summed E-state index contributed by atoms with van der Waals surface area (Å²) in [6.07, 6.45) is 2.37. The number of rotatable bonds is 5. The van der Waals surface area contributed by atoms with E-state index in [2.05, 4.69) is 4.72 Å². The SMILES string of the molecule is CCCNS(=O)(=O)/C=C/c1ccccc1. The van der Waals surface area contributed by atoms with Crippen LogP contribution in [0.15, 0.2) is 35.7 Å². The Balaban J connectivity index is 2.65. The van der Waals surface area contributed by atoms with Gasteiger partial charge in [-0.15, -0.1) is 0 Å². The number of hydrogen-bond donors (Lipinski definition) is 1. The molecule has 0 atom stereocenters. The van der Waals surface area contributed by atoms with Gasteiger partial charge in [-0.05, 0) is 18.1 Å². The smallest absolute Gasteiger partial charge is 0.212 e. The third-order valence-corrected chi connectivity index (χ3v) is 2.89. The lowest BCUT2D eigenvalue weighted by atomic mass is 10.2. The van der Waals surface area contributed by atoms with E-state index in [1.165, 1.54) is 5.41 Å². The summed E-state index contributed by atoms with van der Waals surface area (Å²) in [4.78, 5) is 0. The van der Waals surface area contributed by atoms with Crippen molar-refractivity contribution < 1.29 is 8.42 Å². The van der Waals surface area contributed by atoms with E-state index < -0.39 is 10.0 Å². The van der Waals surface area contributed by atoms with Crippen molar-refractivity contribution >= 4 is 16.1 Å². The van der Waals surface area contributed by atoms with Gasteiger partial charge in [0.05, 0.1) is 0 Å². The second-order valence-electron chi connectivity index (χ2n) is 3.15. The molecule has 1 aromatic rings. The van der Waals surface area contributed by atoms with Crippen LogP contribution in [-0.2, 0) is 10.0 Å². The molecule has 0 unspecified atom stereocenters. The number of hydrogen-bond acceptors (Lipinski definition) is 2. The molecule has 0 spiro atoms. The second-order valence-corrected chi connectivity index (χ2v) is 4.80. The monoisotopic (exact) mass is 225 g/mol. The number of nitrogens with one attached hydrogen (secondary N) is 1. The van der Waals surface area contributed by atoms with Crippen LogP contribution in [0.4, 0.5) is 0 Å². The molecule has 0 fully saturated rings. The fourth-order valence-electron chi connectivity index (χ4n) is 1.02. The first-order valence-corrected chi connectivity index (χ1v) is 6.41. The van der Waals surface area contributed by atoms with Crippen molar-refractivity contribution in [2.45, 2.75) is 13.3 Å². The van der Waals surface area contributed by atoms with Crippen LogP contribution in [0, 0.1) is 0 Å². The summed E-state index contributed by atoms with van der Waals surface area (Å²) in [6.45, 7) is 2.39. The summed E-state index contributed by atoms with van der Waals surface area (Å²) >= 11 is 0. The molecule has 0 radical (unpaired) electrons. The highest BCUT2D eigenvalue weighted by atomic mass is 32.2. The third kappa shape index (κ3) is 4.76. The van der Waals surface area contributed by atoms with Crippen LogP contribution < -0.4 is 4.72 Å². The summed E-state index contributed by atoms with van der Waals surface area (Å²) in [5.41, 5.74) is 0.874. The standard InChI is InChI=1S/C11H15NO2S/c1-2-9-12-15(13,14)10-8-11-6-4-3-5-7-11/h3-8,10,12H,2,9H2,1H3/b10-8+. The molecule has 0 saturated carbocycles. The van der Waals surface area contributed by atoms with Crippen LogP contribution in [0.2, 0.25) is 0 Å². The normalized spacial score (nSPS) is 12.1. The highest BCUT2D eigenvalue weighted by Crippen LogP contribution is 2.02. The van der Waals surface area contributed by atoms with Gasteiger partial charge in [0, 0.05) is 12.0 Å². The quantitative estimate of drug-likeness (QED) is 0.833. The number of sulfonamides is 1. The van der Waals surface area contributed by atoms with Gasteiger partial charge in [0.15, 0.2) is 0 Å². The molecule has 15 heavy (non-hydrogen) atoms. The van der Waals surface area contributed by atoms with Crippen LogP contribution in [0.1, 0.15) is 18.9 Å². The van der Waals surface area contributed by atoms with Crippen molar-refractivity contribution in [2.24, 2.45) is 0 Å². The molecule has 3 nitrogen and oxygen atoms in total. The van der Waals surface area contributed by atoms with Gasteiger partial charge in [-0.2, -0.15) is 0 Å². The van der Waals surface area contributed by atoms with Gasteiger partial charge in [-0.1, -0.05) is 37.3 Å². The van der Waals surface area contributed by atoms with Crippen molar-refractivity contribution in [3.05, 3.63) is 41.3 Å². The molecule has 0 aliphatic carbocycles. The molecule has 4 heteroatoms. The molecule has 82 valence electrons. The van der Waals surface area contributed by atoms with Crippen LogP contribution in [-0.4, -0.2) is 15.0 Å². The second kappa shape index (κ2) is 5.68. The Kier molecular flexibility index (Phi) is 4.52. The lowest BCUT2D eigenvalue weighted by Crippen LogP contribution is -2.21. The lowest BCUT2D eigenvalue weighted by molar-refractivity contribution is 0.590. The molecule has 0 bridgehead atoms. The lowest BCUT2D eigenvalue weighted by Gasteiger charge is -1.99. The Labute approximate surface area is 90.9 Å².